The molecule has 0 bridgehead atoms. The summed E-state index contributed by atoms with van der Waals surface area (Å²) in [4.78, 5) is 12.2. The molecule has 1 fully saturated rings. The SMILES string of the molecule is COc1ccc(C(=O)N[C@@H]2CCC[C@H](CB(C)O)C2)cc1. The zero-order valence-corrected chi connectivity index (χ0v) is 12.8. The van der Waals surface area contributed by atoms with Gasteiger partial charge < -0.3 is 15.1 Å². The van der Waals surface area contributed by atoms with E-state index in [1.54, 1.807) is 31.4 Å². The van der Waals surface area contributed by atoms with Gasteiger partial charge in [0.15, 0.2) is 0 Å². The lowest BCUT2D eigenvalue weighted by Crippen LogP contribution is -2.38. The quantitative estimate of drug-likeness (QED) is 0.819. The molecule has 21 heavy (non-hydrogen) atoms. The second kappa shape index (κ2) is 7.50. The third-order valence-corrected chi connectivity index (χ3v) is 4.14. The minimum Gasteiger partial charge on any atom is -0.497 e. The van der Waals surface area contributed by atoms with E-state index in [2.05, 4.69) is 5.32 Å². The van der Waals surface area contributed by atoms with Gasteiger partial charge in [-0.1, -0.05) is 19.7 Å². The highest BCUT2D eigenvalue weighted by molar-refractivity contribution is 6.48. The van der Waals surface area contributed by atoms with Crippen LogP contribution in [0.2, 0.25) is 13.1 Å². The van der Waals surface area contributed by atoms with Crippen LogP contribution in [0.3, 0.4) is 0 Å². The van der Waals surface area contributed by atoms with Gasteiger partial charge in [0.1, 0.15) is 5.75 Å². The van der Waals surface area contributed by atoms with E-state index < -0.39 is 0 Å². The maximum atomic E-state index is 12.2. The Morgan fingerprint density at radius 3 is 2.71 bits per heavy atom. The number of nitrogens with one attached hydrogen (secondary N) is 1. The van der Waals surface area contributed by atoms with Crippen LogP contribution in [-0.4, -0.2) is 31.0 Å². The van der Waals surface area contributed by atoms with Crippen LogP contribution < -0.4 is 10.1 Å². The summed E-state index contributed by atoms with van der Waals surface area (Å²) >= 11 is 0. The van der Waals surface area contributed by atoms with Crippen LogP contribution >= 0.6 is 0 Å². The van der Waals surface area contributed by atoms with E-state index in [-0.39, 0.29) is 18.9 Å². The van der Waals surface area contributed by atoms with Crippen molar-refractivity contribution in [2.75, 3.05) is 7.11 Å². The Balaban J connectivity index is 1.89. The molecule has 1 aromatic rings. The van der Waals surface area contributed by atoms with Crippen LogP contribution in [0.15, 0.2) is 24.3 Å². The summed E-state index contributed by atoms with van der Waals surface area (Å²) < 4.78 is 5.09. The van der Waals surface area contributed by atoms with Crippen molar-refractivity contribution >= 4 is 12.8 Å². The predicted molar refractivity (Wildman–Crippen MR) is 84.9 cm³/mol. The van der Waals surface area contributed by atoms with Crippen LogP contribution in [0.1, 0.15) is 36.0 Å². The summed E-state index contributed by atoms with van der Waals surface area (Å²) in [6.45, 7) is 1.57. The Labute approximate surface area is 127 Å². The molecule has 4 nitrogen and oxygen atoms in total. The number of carbonyl (C=O) groups is 1. The van der Waals surface area contributed by atoms with Crippen molar-refractivity contribution in [3.63, 3.8) is 0 Å². The van der Waals surface area contributed by atoms with Crippen molar-refractivity contribution in [1.29, 1.82) is 0 Å². The van der Waals surface area contributed by atoms with Crippen molar-refractivity contribution < 1.29 is 14.6 Å². The molecule has 5 heteroatoms. The van der Waals surface area contributed by atoms with Crippen LogP contribution in [0.25, 0.3) is 0 Å². The second-order valence-electron chi connectivity index (χ2n) is 6.02. The molecule has 1 amide bonds. The average Bonchev–Trinajstić information content (AvgIpc) is 2.47. The lowest BCUT2D eigenvalue weighted by atomic mass is 9.61. The third kappa shape index (κ3) is 4.78. The minimum absolute atomic E-state index is 0.0275. The van der Waals surface area contributed by atoms with E-state index in [4.69, 9.17) is 4.74 Å². The molecule has 0 aromatic heterocycles. The number of hydrogen-bond donors (Lipinski definition) is 2. The van der Waals surface area contributed by atoms with E-state index >= 15 is 0 Å². The first-order valence-electron chi connectivity index (χ1n) is 7.71. The molecule has 1 aromatic carbocycles. The number of amides is 1. The maximum absolute atomic E-state index is 12.2. The number of benzene rings is 1. The molecule has 0 unspecified atom stereocenters. The molecule has 0 radical (unpaired) electrons. The molecule has 1 aliphatic carbocycles. The predicted octanol–water partition coefficient (Wildman–Crippen LogP) is 2.60. The highest BCUT2D eigenvalue weighted by Crippen LogP contribution is 2.28. The van der Waals surface area contributed by atoms with Crippen molar-refractivity contribution in [3.05, 3.63) is 29.8 Å². The lowest BCUT2D eigenvalue weighted by Gasteiger charge is -2.30. The number of methoxy groups -OCH3 is 1. The van der Waals surface area contributed by atoms with Gasteiger partial charge in [-0.25, -0.2) is 0 Å². The molecule has 2 atom stereocenters. The Hall–Kier alpha value is -1.49. The molecule has 114 valence electrons. The van der Waals surface area contributed by atoms with E-state index in [0.29, 0.717) is 11.5 Å². The van der Waals surface area contributed by atoms with Crippen LogP contribution in [0.4, 0.5) is 0 Å². The van der Waals surface area contributed by atoms with Crippen LogP contribution in [0.5, 0.6) is 5.75 Å². The summed E-state index contributed by atoms with van der Waals surface area (Å²) in [6, 6.07) is 7.38. The monoisotopic (exact) mass is 289 g/mol. The highest BCUT2D eigenvalue weighted by Gasteiger charge is 2.25. The fraction of sp³-hybridized carbons (Fsp3) is 0.562. The third-order valence-electron chi connectivity index (χ3n) is 4.14. The average molecular weight is 289 g/mol. The van der Waals surface area contributed by atoms with Gasteiger partial charge in [0.05, 0.1) is 7.11 Å². The first-order chi connectivity index (χ1) is 10.1. The van der Waals surface area contributed by atoms with E-state index in [1.165, 1.54) is 0 Å². The van der Waals surface area contributed by atoms with Gasteiger partial charge >= 0.3 is 0 Å². The van der Waals surface area contributed by atoms with Gasteiger partial charge in [-0.05, 0) is 49.3 Å². The molecule has 1 aliphatic rings. The van der Waals surface area contributed by atoms with E-state index in [1.807, 2.05) is 6.82 Å². The smallest absolute Gasteiger partial charge is 0.286 e. The largest absolute Gasteiger partial charge is 0.497 e. The van der Waals surface area contributed by atoms with Crippen LogP contribution in [-0.2, 0) is 0 Å². The van der Waals surface area contributed by atoms with Gasteiger partial charge in [-0.15, -0.1) is 0 Å². The molecule has 0 saturated heterocycles. The standard InChI is InChI=1S/C16H24BNO3/c1-17(20)11-12-4-3-5-14(10-12)18-16(19)13-6-8-15(21-2)9-7-13/h6-9,12,14,20H,3-5,10-11H2,1-2H3,(H,18,19)/t12-,14+/m0/s1. The summed E-state index contributed by atoms with van der Waals surface area (Å²) in [5.41, 5.74) is 0.661. The first kappa shape index (κ1) is 15.9. The molecule has 0 aliphatic heterocycles. The molecule has 2 rings (SSSR count). The number of rotatable bonds is 5. The molecule has 0 heterocycles. The number of ether oxygens (including phenoxy) is 1. The zero-order chi connectivity index (χ0) is 15.2. The summed E-state index contributed by atoms with van der Waals surface area (Å²) in [6.07, 6.45) is 5.09. The topological polar surface area (TPSA) is 58.6 Å². The Morgan fingerprint density at radius 2 is 2.10 bits per heavy atom. The molecule has 1 saturated carbocycles. The lowest BCUT2D eigenvalue weighted by molar-refractivity contribution is 0.0921. The minimum atomic E-state index is -0.258. The normalized spacial score (nSPS) is 21.7. The fourth-order valence-corrected chi connectivity index (χ4v) is 3.13. The number of carbonyl (C=O) groups excluding carboxylic acids is 1. The van der Waals surface area contributed by atoms with Crippen LogP contribution in [0, 0.1) is 5.92 Å². The van der Waals surface area contributed by atoms with E-state index in [0.717, 1.165) is 37.8 Å². The van der Waals surface area contributed by atoms with Gasteiger partial charge in [0.2, 0.25) is 0 Å². The molecule has 2 N–H and O–H groups in total. The van der Waals surface area contributed by atoms with Crippen molar-refractivity contribution in [1.82, 2.24) is 5.32 Å². The summed E-state index contributed by atoms with van der Waals surface area (Å²) in [7, 11) is 1.61. The Bertz CT molecular complexity index is 461. The van der Waals surface area contributed by atoms with E-state index in [9.17, 15) is 9.82 Å². The van der Waals surface area contributed by atoms with Crippen molar-refractivity contribution in [3.8, 4) is 5.75 Å². The molecular weight excluding hydrogens is 265 g/mol. The van der Waals surface area contributed by atoms with Crippen molar-refractivity contribution in [2.24, 2.45) is 5.92 Å². The zero-order valence-electron chi connectivity index (χ0n) is 12.8. The Kier molecular flexibility index (Phi) is 5.68. The number of hydrogen-bond acceptors (Lipinski definition) is 3. The van der Waals surface area contributed by atoms with Crippen molar-refractivity contribution in [2.45, 2.75) is 44.9 Å². The van der Waals surface area contributed by atoms with Gasteiger partial charge in [0, 0.05) is 11.6 Å². The first-order valence-corrected chi connectivity index (χ1v) is 7.71. The fourth-order valence-electron chi connectivity index (χ4n) is 3.13. The van der Waals surface area contributed by atoms with Gasteiger partial charge in [0.25, 0.3) is 12.8 Å². The maximum Gasteiger partial charge on any atom is 0.286 e. The van der Waals surface area contributed by atoms with Gasteiger partial charge in [-0.2, -0.15) is 0 Å². The molecular formula is C16H24BNO3. The second-order valence-corrected chi connectivity index (χ2v) is 6.02. The highest BCUT2D eigenvalue weighted by atomic mass is 16.5. The summed E-state index contributed by atoms with van der Waals surface area (Å²) in [5, 5.41) is 12.6. The van der Waals surface area contributed by atoms with Gasteiger partial charge in [-0.3, -0.25) is 4.79 Å². The molecule has 0 spiro atoms. The Morgan fingerprint density at radius 1 is 1.38 bits per heavy atom. The summed E-state index contributed by atoms with van der Waals surface area (Å²) in [5.74, 6) is 1.24.